The Morgan fingerprint density at radius 3 is 2.40 bits per heavy atom. The fourth-order valence-corrected chi connectivity index (χ4v) is 4.76. The number of carbonyl (C=O) groups excluding carboxylic acids is 1. The van der Waals surface area contributed by atoms with Crippen LogP contribution in [0.5, 0.6) is 11.5 Å². The lowest BCUT2D eigenvalue weighted by Gasteiger charge is -2.27. The number of methoxy groups -OCH3 is 1. The monoisotopic (exact) mass is 467 g/mol. The highest BCUT2D eigenvalue weighted by molar-refractivity contribution is 6.00. The van der Waals surface area contributed by atoms with Crippen molar-refractivity contribution >= 4 is 5.91 Å². The zero-order valence-corrected chi connectivity index (χ0v) is 20.2. The van der Waals surface area contributed by atoms with E-state index in [9.17, 15) is 9.90 Å². The van der Waals surface area contributed by atoms with Gasteiger partial charge < -0.3 is 14.7 Å². The van der Waals surface area contributed by atoms with Crippen molar-refractivity contribution in [3.8, 4) is 22.8 Å². The van der Waals surface area contributed by atoms with E-state index < -0.39 is 0 Å². The van der Waals surface area contributed by atoms with Crippen LogP contribution in [0.2, 0.25) is 0 Å². The molecule has 1 atom stereocenters. The molecule has 1 aliphatic heterocycles. The van der Waals surface area contributed by atoms with E-state index in [1.54, 1.807) is 19.2 Å². The van der Waals surface area contributed by atoms with Gasteiger partial charge in [-0.05, 0) is 53.3 Å². The quantitative estimate of drug-likeness (QED) is 0.365. The van der Waals surface area contributed by atoms with Crippen molar-refractivity contribution in [2.75, 3.05) is 13.7 Å². The van der Waals surface area contributed by atoms with Gasteiger partial charge in [0.2, 0.25) is 0 Å². The molecule has 0 radical (unpaired) electrons. The molecule has 0 saturated heterocycles. The van der Waals surface area contributed by atoms with Crippen molar-refractivity contribution in [3.05, 3.63) is 101 Å². The number of hydrogen-bond donors (Lipinski definition) is 2. The summed E-state index contributed by atoms with van der Waals surface area (Å²) in [4.78, 5) is 15.5. The number of para-hydroxylation sites is 1. The molecule has 2 N–H and O–H groups in total. The number of carbonyl (C=O) groups is 1. The lowest BCUT2D eigenvalue weighted by molar-refractivity contribution is 0.0746. The minimum absolute atomic E-state index is 0.0828. The van der Waals surface area contributed by atoms with E-state index in [2.05, 4.69) is 48.3 Å². The van der Waals surface area contributed by atoms with E-state index in [-0.39, 0.29) is 17.7 Å². The standard InChI is InChI=1S/C29H29N3O3/c1-18(2)20-10-12-21(13-11-20)28-25-26(23-6-4-5-7-24(23)33)30-31-27(25)29(34)32(28)17-16-19-8-14-22(35-3)15-9-19/h4-15,18,28,33H,16-17H2,1-3H3,(H,30,31)/t28-/m1/s1. The molecule has 0 unspecified atom stereocenters. The van der Waals surface area contributed by atoms with Crippen LogP contribution in [0.15, 0.2) is 72.8 Å². The van der Waals surface area contributed by atoms with Gasteiger partial charge in [0, 0.05) is 17.7 Å². The molecule has 4 aromatic rings. The van der Waals surface area contributed by atoms with Gasteiger partial charge in [-0.2, -0.15) is 5.10 Å². The zero-order valence-electron chi connectivity index (χ0n) is 20.2. The third kappa shape index (κ3) is 4.16. The number of amides is 1. The second-order valence-electron chi connectivity index (χ2n) is 9.20. The molecule has 0 spiro atoms. The Hall–Kier alpha value is -4.06. The summed E-state index contributed by atoms with van der Waals surface area (Å²) in [5.41, 5.74) is 5.90. The van der Waals surface area contributed by atoms with Crippen LogP contribution in [0.4, 0.5) is 0 Å². The lowest BCUT2D eigenvalue weighted by atomic mass is 9.93. The summed E-state index contributed by atoms with van der Waals surface area (Å²) in [5.74, 6) is 1.28. The molecule has 6 nitrogen and oxygen atoms in total. The number of nitrogens with one attached hydrogen (secondary N) is 1. The van der Waals surface area contributed by atoms with E-state index in [4.69, 9.17) is 4.74 Å². The van der Waals surface area contributed by atoms with Crippen molar-refractivity contribution < 1.29 is 14.6 Å². The number of phenols is 1. The number of phenolic OH excluding ortho intramolecular Hbond substituents is 1. The van der Waals surface area contributed by atoms with E-state index in [1.165, 1.54) is 5.56 Å². The average molecular weight is 468 g/mol. The molecule has 35 heavy (non-hydrogen) atoms. The summed E-state index contributed by atoms with van der Waals surface area (Å²) in [6.07, 6.45) is 0.708. The number of benzene rings is 3. The van der Waals surface area contributed by atoms with Crippen molar-refractivity contribution in [3.63, 3.8) is 0 Å². The summed E-state index contributed by atoms with van der Waals surface area (Å²) >= 11 is 0. The highest BCUT2D eigenvalue weighted by atomic mass is 16.5. The maximum absolute atomic E-state index is 13.6. The summed E-state index contributed by atoms with van der Waals surface area (Å²) in [6.45, 7) is 4.88. The Morgan fingerprint density at radius 1 is 1.03 bits per heavy atom. The molecular weight excluding hydrogens is 438 g/mol. The highest BCUT2D eigenvalue weighted by Crippen LogP contribution is 2.44. The maximum Gasteiger partial charge on any atom is 0.273 e. The van der Waals surface area contributed by atoms with Crippen molar-refractivity contribution in [1.29, 1.82) is 0 Å². The first-order valence-electron chi connectivity index (χ1n) is 11.9. The van der Waals surface area contributed by atoms with Gasteiger partial charge in [0.05, 0.1) is 13.2 Å². The average Bonchev–Trinajstić information content (AvgIpc) is 3.42. The van der Waals surface area contributed by atoms with Gasteiger partial charge in [0.15, 0.2) is 0 Å². The maximum atomic E-state index is 13.6. The molecular formula is C29H29N3O3. The minimum atomic E-state index is -0.301. The second kappa shape index (κ2) is 9.29. The largest absolute Gasteiger partial charge is 0.507 e. The molecule has 0 saturated carbocycles. The number of fused-ring (bicyclic) bond motifs is 1. The Kier molecular flexibility index (Phi) is 6.03. The molecule has 5 rings (SSSR count). The predicted octanol–water partition coefficient (Wildman–Crippen LogP) is 5.70. The Labute approximate surface area is 205 Å². The van der Waals surface area contributed by atoms with Gasteiger partial charge in [-0.25, -0.2) is 0 Å². The molecule has 1 aromatic heterocycles. The Morgan fingerprint density at radius 2 is 1.74 bits per heavy atom. The fraction of sp³-hybridized carbons (Fsp3) is 0.241. The summed E-state index contributed by atoms with van der Waals surface area (Å²) in [7, 11) is 1.65. The smallest absolute Gasteiger partial charge is 0.273 e. The van der Waals surface area contributed by atoms with Crippen LogP contribution in [0.1, 0.15) is 58.5 Å². The molecule has 6 heteroatoms. The Balaban J connectivity index is 1.55. The van der Waals surface area contributed by atoms with Crippen molar-refractivity contribution in [2.45, 2.75) is 32.2 Å². The molecule has 1 aliphatic rings. The van der Waals surface area contributed by atoms with Crippen LogP contribution in [0, 0.1) is 0 Å². The molecule has 0 bridgehead atoms. The fourth-order valence-electron chi connectivity index (χ4n) is 4.76. The van der Waals surface area contributed by atoms with E-state index >= 15 is 0 Å². The first-order chi connectivity index (χ1) is 17.0. The Bertz CT molecular complexity index is 1340. The predicted molar refractivity (Wildman–Crippen MR) is 136 cm³/mol. The van der Waals surface area contributed by atoms with Crippen LogP contribution in [-0.4, -0.2) is 39.8 Å². The number of ether oxygens (including phenoxy) is 1. The third-order valence-electron chi connectivity index (χ3n) is 6.74. The highest BCUT2D eigenvalue weighted by Gasteiger charge is 2.42. The third-order valence-corrected chi connectivity index (χ3v) is 6.74. The first kappa shape index (κ1) is 22.7. The van der Waals surface area contributed by atoms with E-state index in [0.29, 0.717) is 35.8 Å². The molecule has 178 valence electrons. The zero-order chi connectivity index (χ0) is 24.5. The number of aromatic amines is 1. The van der Waals surface area contributed by atoms with Crippen LogP contribution in [-0.2, 0) is 6.42 Å². The topological polar surface area (TPSA) is 78.5 Å². The van der Waals surface area contributed by atoms with Crippen molar-refractivity contribution in [1.82, 2.24) is 15.1 Å². The number of aromatic hydroxyl groups is 1. The van der Waals surface area contributed by atoms with Gasteiger partial charge in [0.1, 0.15) is 22.9 Å². The second-order valence-corrected chi connectivity index (χ2v) is 9.20. The van der Waals surface area contributed by atoms with Gasteiger partial charge in [0.25, 0.3) is 5.91 Å². The normalized spacial score (nSPS) is 15.0. The molecule has 1 amide bonds. The lowest BCUT2D eigenvalue weighted by Crippen LogP contribution is -2.31. The molecule has 2 heterocycles. The number of nitrogens with zero attached hydrogens (tertiary/aromatic N) is 2. The van der Waals surface area contributed by atoms with Crippen LogP contribution in [0.3, 0.4) is 0 Å². The van der Waals surface area contributed by atoms with Crippen LogP contribution in [0.25, 0.3) is 11.3 Å². The SMILES string of the molecule is COc1ccc(CCN2C(=O)c3[nH]nc(-c4ccccc4O)c3[C@H]2c2ccc(C(C)C)cc2)cc1. The van der Waals surface area contributed by atoms with Gasteiger partial charge in [-0.3, -0.25) is 9.89 Å². The van der Waals surface area contributed by atoms with E-state index in [0.717, 1.165) is 22.4 Å². The number of rotatable bonds is 7. The molecule has 3 aromatic carbocycles. The summed E-state index contributed by atoms with van der Waals surface area (Å²) < 4.78 is 5.27. The van der Waals surface area contributed by atoms with Gasteiger partial charge in [-0.1, -0.05) is 62.4 Å². The number of aromatic nitrogens is 2. The van der Waals surface area contributed by atoms with Gasteiger partial charge >= 0.3 is 0 Å². The van der Waals surface area contributed by atoms with Crippen LogP contribution >= 0.6 is 0 Å². The van der Waals surface area contributed by atoms with E-state index in [1.807, 2.05) is 41.3 Å². The molecule has 0 aliphatic carbocycles. The van der Waals surface area contributed by atoms with Crippen LogP contribution < -0.4 is 4.74 Å². The molecule has 0 fully saturated rings. The number of H-pyrrole nitrogens is 1. The van der Waals surface area contributed by atoms with Gasteiger partial charge in [-0.15, -0.1) is 0 Å². The minimum Gasteiger partial charge on any atom is -0.507 e. The first-order valence-corrected chi connectivity index (χ1v) is 11.9. The van der Waals surface area contributed by atoms with Crippen molar-refractivity contribution in [2.24, 2.45) is 0 Å². The summed E-state index contributed by atoms with van der Waals surface area (Å²) in [6, 6.07) is 23.2. The summed E-state index contributed by atoms with van der Waals surface area (Å²) in [5, 5.41) is 18.0. The number of hydrogen-bond acceptors (Lipinski definition) is 4.